The van der Waals surface area contributed by atoms with E-state index < -0.39 is 0 Å². The molecule has 0 saturated carbocycles. The van der Waals surface area contributed by atoms with Gasteiger partial charge >= 0.3 is 0 Å². The van der Waals surface area contributed by atoms with Crippen molar-refractivity contribution in [2.45, 2.75) is 18.9 Å². The highest BCUT2D eigenvalue weighted by atomic mass is 16.2. The van der Waals surface area contributed by atoms with Crippen molar-refractivity contribution in [1.82, 2.24) is 10.2 Å². The van der Waals surface area contributed by atoms with Gasteiger partial charge in [0.25, 0.3) is 0 Å². The van der Waals surface area contributed by atoms with E-state index >= 15 is 0 Å². The second-order valence-electron chi connectivity index (χ2n) is 3.87. The van der Waals surface area contributed by atoms with E-state index in [2.05, 4.69) is 17.3 Å². The van der Waals surface area contributed by atoms with E-state index in [1.165, 1.54) is 6.42 Å². The van der Waals surface area contributed by atoms with Crippen LogP contribution < -0.4 is 11.1 Å². The fourth-order valence-electron chi connectivity index (χ4n) is 1.87. The van der Waals surface area contributed by atoms with Crippen LogP contribution in [0.1, 0.15) is 12.8 Å². The molecule has 1 heterocycles. The third-order valence-electron chi connectivity index (χ3n) is 2.66. The maximum atomic E-state index is 11.1. The molecule has 0 bridgehead atoms. The number of rotatable bonds is 3. The van der Waals surface area contributed by atoms with Gasteiger partial charge in [-0.2, -0.15) is 0 Å². The zero-order chi connectivity index (χ0) is 9.84. The molecule has 1 aliphatic heterocycles. The average molecular weight is 185 g/mol. The molecule has 0 aromatic carbocycles. The molecule has 1 fully saturated rings. The Morgan fingerprint density at radius 3 is 2.92 bits per heavy atom. The molecule has 1 aliphatic rings. The molecule has 2 atom stereocenters. The molecule has 4 heteroatoms. The molecule has 13 heavy (non-hydrogen) atoms. The molecule has 0 radical (unpaired) electrons. The summed E-state index contributed by atoms with van der Waals surface area (Å²) >= 11 is 0. The molecule has 2 unspecified atom stereocenters. The molecule has 76 valence electrons. The number of nitrogens with two attached hydrogens (primary N) is 1. The molecular weight excluding hydrogens is 166 g/mol. The lowest BCUT2D eigenvalue weighted by molar-refractivity contribution is -0.122. The zero-order valence-corrected chi connectivity index (χ0v) is 8.42. The number of amides is 1. The topological polar surface area (TPSA) is 58.4 Å². The minimum atomic E-state index is -0.332. The van der Waals surface area contributed by atoms with Crippen molar-refractivity contribution in [3.63, 3.8) is 0 Å². The van der Waals surface area contributed by atoms with Gasteiger partial charge in [0.15, 0.2) is 0 Å². The van der Waals surface area contributed by atoms with Crippen LogP contribution in [0.15, 0.2) is 0 Å². The number of carbonyl (C=O) groups excluding carboxylic acids is 1. The first-order valence-corrected chi connectivity index (χ1v) is 4.79. The Bertz CT molecular complexity index is 184. The maximum Gasteiger partial charge on any atom is 0.236 e. The molecule has 0 aromatic heterocycles. The summed E-state index contributed by atoms with van der Waals surface area (Å²) in [5.41, 5.74) is 5.72. The molecule has 1 rings (SSSR count). The number of likely N-dealkylation sites (tertiary alicyclic amines) is 1. The van der Waals surface area contributed by atoms with Gasteiger partial charge in [0.05, 0.1) is 6.04 Å². The third-order valence-corrected chi connectivity index (χ3v) is 2.66. The largest absolute Gasteiger partial charge is 0.358 e. The highest BCUT2D eigenvalue weighted by molar-refractivity contribution is 5.81. The van der Waals surface area contributed by atoms with Crippen LogP contribution in [0.3, 0.4) is 0 Å². The maximum absolute atomic E-state index is 11.1. The molecule has 0 aliphatic carbocycles. The molecule has 1 amide bonds. The minimum Gasteiger partial charge on any atom is -0.358 e. The van der Waals surface area contributed by atoms with Gasteiger partial charge in [0.1, 0.15) is 0 Å². The average Bonchev–Trinajstić information content (AvgIpc) is 2.49. The van der Waals surface area contributed by atoms with Crippen LogP contribution in [0.2, 0.25) is 0 Å². The van der Waals surface area contributed by atoms with Crippen LogP contribution in [0.5, 0.6) is 0 Å². The molecule has 4 nitrogen and oxygen atoms in total. The minimum absolute atomic E-state index is 0.0467. The van der Waals surface area contributed by atoms with E-state index in [0.29, 0.717) is 5.92 Å². The summed E-state index contributed by atoms with van der Waals surface area (Å²) in [6.07, 6.45) is 1.98. The fraction of sp³-hybridized carbons (Fsp3) is 0.889. The van der Waals surface area contributed by atoms with Gasteiger partial charge < -0.3 is 16.0 Å². The van der Waals surface area contributed by atoms with Crippen LogP contribution in [0, 0.1) is 5.92 Å². The van der Waals surface area contributed by atoms with Gasteiger partial charge in [0.2, 0.25) is 5.91 Å². The van der Waals surface area contributed by atoms with Crippen molar-refractivity contribution < 1.29 is 4.79 Å². The lowest BCUT2D eigenvalue weighted by atomic mass is 9.99. The molecule has 3 N–H and O–H groups in total. The van der Waals surface area contributed by atoms with E-state index in [0.717, 1.165) is 19.5 Å². The van der Waals surface area contributed by atoms with Crippen molar-refractivity contribution in [3.8, 4) is 0 Å². The van der Waals surface area contributed by atoms with Gasteiger partial charge in [-0.3, -0.25) is 4.79 Å². The highest BCUT2D eigenvalue weighted by Gasteiger charge is 2.23. The Kier molecular flexibility index (Phi) is 3.69. The van der Waals surface area contributed by atoms with Gasteiger partial charge in [-0.15, -0.1) is 0 Å². The summed E-state index contributed by atoms with van der Waals surface area (Å²) in [7, 11) is 3.73. The van der Waals surface area contributed by atoms with E-state index in [9.17, 15) is 4.79 Å². The zero-order valence-electron chi connectivity index (χ0n) is 8.42. The lowest BCUT2D eigenvalue weighted by Gasteiger charge is -2.14. The van der Waals surface area contributed by atoms with Gasteiger partial charge in [0, 0.05) is 13.6 Å². The van der Waals surface area contributed by atoms with Gasteiger partial charge in [-0.1, -0.05) is 0 Å². The van der Waals surface area contributed by atoms with E-state index in [1.807, 2.05) is 0 Å². The van der Waals surface area contributed by atoms with Crippen molar-refractivity contribution in [2.24, 2.45) is 11.7 Å². The van der Waals surface area contributed by atoms with Crippen LogP contribution in [-0.2, 0) is 4.79 Å². The van der Waals surface area contributed by atoms with Crippen molar-refractivity contribution in [2.75, 3.05) is 27.2 Å². The monoisotopic (exact) mass is 185 g/mol. The Morgan fingerprint density at radius 2 is 2.46 bits per heavy atom. The Labute approximate surface area is 79.5 Å². The van der Waals surface area contributed by atoms with Crippen molar-refractivity contribution >= 4 is 5.91 Å². The van der Waals surface area contributed by atoms with Gasteiger partial charge in [-0.05, 0) is 32.4 Å². The number of nitrogens with zero attached hydrogens (tertiary/aromatic N) is 1. The van der Waals surface area contributed by atoms with Crippen LogP contribution >= 0.6 is 0 Å². The smallest absolute Gasteiger partial charge is 0.236 e. The molecular formula is C9H19N3O. The van der Waals surface area contributed by atoms with Gasteiger partial charge in [-0.25, -0.2) is 0 Å². The quantitative estimate of drug-likeness (QED) is 0.617. The first-order chi connectivity index (χ1) is 6.13. The third kappa shape index (κ3) is 2.97. The number of carbonyl (C=O) groups is 1. The standard InChI is InChI=1S/C9H19N3O/c1-11-9(13)8(10)5-7-3-4-12(2)6-7/h7-8H,3-6,10H2,1-2H3,(H,11,13). The SMILES string of the molecule is CNC(=O)C(N)CC1CCN(C)C1. The number of hydrogen-bond donors (Lipinski definition) is 2. The fourth-order valence-corrected chi connectivity index (χ4v) is 1.87. The van der Waals surface area contributed by atoms with E-state index in [-0.39, 0.29) is 11.9 Å². The van der Waals surface area contributed by atoms with Crippen LogP contribution in [0.4, 0.5) is 0 Å². The first-order valence-electron chi connectivity index (χ1n) is 4.79. The summed E-state index contributed by atoms with van der Waals surface area (Å²) < 4.78 is 0. The molecule has 1 saturated heterocycles. The Hall–Kier alpha value is -0.610. The highest BCUT2D eigenvalue weighted by Crippen LogP contribution is 2.18. The lowest BCUT2D eigenvalue weighted by Crippen LogP contribution is -2.40. The van der Waals surface area contributed by atoms with E-state index in [4.69, 9.17) is 5.73 Å². The molecule has 0 spiro atoms. The second-order valence-corrected chi connectivity index (χ2v) is 3.87. The van der Waals surface area contributed by atoms with Crippen molar-refractivity contribution in [3.05, 3.63) is 0 Å². The van der Waals surface area contributed by atoms with E-state index in [1.54, 1.807) is 7.05 Å². The normalized spacial score (nSPS) is 25.9. The predicted molar refractivity (Wildman–Crippen MR) is 52.3 cm³/mol. The molecule has 0 aromatic rings. The number of nitrogens with one attached hydrogen (secondary N) is 1. The Morgan fingerprint density at radius 1 is 1.77 bits per heavy atom. The number of hydrogen-bond acceptors (Lipinski definition) is 3. The Balaban J connectivity index is 2.28. The number of likely N-dealkylation sites (N-methyl/N-ethyl adjacent to an activating group) is 1. The van der Waals surface area contributed by atoms with Crippen molar-refractivity contribution in [1.29, 1.82) is 0 Å². The predicted octanol–water partition coefficient (Wildman–Crippen LogP) is -0.598. The summed E-state index contributed by atoms with van der Waals surface area (Å²) in [6.45, 7) is 2.20. The summed E-state index contributed by atoms with van der Waals surface area (Å²) in [5.74, 6) is 0.548. The summed E-state index contributed by atoms with van der Waals surface area (Å²) in [5, 5.41) is 2.57. The first kappa shape index (κ1) is 10.5. The van der Waals surface area contributed by atoms with Crippen LogP contribution in [0.25, 0.3) is 0 Å². The second kappa shape index (κ2) is 4.58. The summed E-state index contributed by atoms with van der Waals surface area (Å²) in [4.78, 5) is 13.4. The van der Waals surface area contributed by atoms with Crippen LogP contribution in [-0.4, -0.2) is 44.0 Å². The summed E-state index contributed by atoms with van der Waals surface area (Å²) in [6, 6.07) is -0.332.